The molecule has 0 saturated carbocycles. The number of rotatable bonds is 5. The zero-order chi connectivity index (χ0) is 19.8. The second-order valence-electron chi connectivity index (χ2n) is 7.45. The Labute approximate surface area is 173 Å². The Morgan fingerprint density at radius 1 is 1.04 bits per heavy atom. The van der Waals surface area contributed by atoms with E-state index in [2.05, 4.69) is 73.8 Å². The highest BCUT2D eigenvalue weighted by Crippen LogP contribution is 2.29. The summed E-state index contributed by atoms with van der Waals surface area (Å²) in [5.41, 5.74) is 11.1. The molecule has 1 aliphatic carbocycles. The van der Waals surface area contributed by atoms with Crippen molar-refractivity contribution in [3.8, 4) is 16.2 Å². The topological polar surface area (TPSA) is 35.2 Å². The molecule has 3 heteroatoms. The van der Waals surface area contributed by atoms with E-state index in [1.54, 1.807) is 11.3 Å². The number of hydrogen-bond acceptors (Lipinski definition) is 3. The van der Waals surface area contributed by atoms with Crippen LogP contribution in [0.2, 0.25) is 0 Å². The number of thiophene rings is 1. The quantitative estimate of drug-likeness (QED) is 0.539. The Hall–Kier alpha value is -2.10. The van der Waals surface area contributed by atoms with Gasteiger partial charge in [-0.3, -0.25) is 0 Å². The van der Waals surface area contributed by atoms with Gasteiger partial charge < -0.3 is 10.5 Å². The van der Waals surface area contributed by atoms with Crippen LogP contribution < -0.4 is 10.5 Å². The average molecular weight is 394 g/mol. The first-order valence-electron chi connectivity index (χ1n) is 10.3. The van der Waals surface area contributed by atoms with Crippen LogP contribution in [0.15, 0.2) is 60.0 Å². The SMILES string of the molecule is CCC.NCC1CCc2cc(OCc3ccc(-c4cccs4)cc3)ccc2C1. The van der Waals surface area contributed by atoms with Crippen LogP contribution in [0.25, 0.3) is 10.4 Å². The predicted molar refractivity (Wildman–Crippen MR) is 121 cm³/mol. The number of hydrogen-bond donors (Lipinski definition) is 1. The standard InChI is InChI=1S/C22H23NOS.C3H8/c23-14-17-5-8-20-13-21(10-9-19(20)12-17)24-15-16-3-6-18(7-4-16)22-2-1-11-25-22;1-3-2/h1-4,6-7,9-11,13,17H,5,8,12,14-15,23H2;3H2,1-2H3. The molecule has 28 heavy (non-hydrogen) atoms. The van der Waals surface area contributed by atoms with Crippen molar-refractivity contribution in [3.05, 3.63) is 76.7 Å². The molecule has 1 atom stereocenters. The number of benzene rings is 2. The minimum Gasteiger partial charge on any atom is -0.489 e. The van der Waals surface area contributed by atoms with Gasteiger partial charge in [-0.2, -0.15) is 0 Å². The molecule has 0 amide bonds. The summed E-state index contributed by atoms with van der Waals surface area (Å²) in [5, 5.41) is 2.11. The molecule has 0 aliphatic heterocycles. The summed E-state index contributed by atoms with van der Waals surface area (Å²) in [6.07, 6.45) is 4.66. The van der Waals surface area contributed by atoms with Gasteiger partial charge in [0.2, 0.25) is 0 Å². The second kappa shape index (κ2) is 10.4. The molecule has 3 aromatic rings. The van der Waals surface area contributed by atoms with E-state index in [1.807, 2.05) is 0 Å². The molecule has 4 rings (SSSR count). The summed E-state index contributed by atoms with van der Waals surface area (Å²) < 4.78 is 6.02. The van der Waals surface area contributed by atoms with Crippen molar-refractivity contribution in [3.63, 3.8) is 0 Å². The van der Waals surface area contributed by atoms with Crippen LogP contribution in [0.3, 0.4) is 0 Å². The van der Waals surface area contributed by atoms with Crippen LogP contribution in [-0.4, -0.2) is 6.54 Å². The average Bonchev–Trinajstić information content (AvgIpc) is 3.27. The van der Waals surface area contributed by atoms with Crippen molar-refractivity contribution in [1.29, 1.82) is 0 Å². The van der Waals surface area contributed by atoms with E-state index in [0.29, 0.717) is 12.5 Å². The van der Waals surface area contributed by atoms with E-state index in [4.69, 9.17) is 10.5 Å². The van der Waals surface area contributed by atoms with E-state index in [1.165, 1.54) is 40.0 Å². The Morgan fingerprint density at radius 2 is 1.82 bits per heavy atom. The highest BCUT2D eigenvalue weighted by Gasteiger charge is 2.17. The van der Waals surface area contributed by atoms with Crippen LogP contribution in [0.4, 0.5) is 0 Å². The molecule has 2 aromatic carbocycles. The first-order chi connectivity index (χ1) is 13.7. The fraction of sp³-hybridized carbons (Fsp3) is 0.360. The predicted octanol–water partition coefficient (Wildman–Crippen LogP) is 6.47. The molecule has 0 fully saturated rings. The highest BCUT2D eigenvalue weighted by molar-refractivity contribution is 7.13. The van der Waals surface area contributed by atoms with Gasteiger partial charge in [0.15, 0.2) is 0 Å². The second-order valence-corrected chi connectivity index (χ2v) is 8.39. The monoisotopic (exact) mass is 393 g/mol. The minimum atomic E-state index is 0.606. The summed E-state index contributed by atoms with van der Waals surface area (Å²) >= 11 is 1.77. The molecule has 0 bridgehead atoms. The van der Waals surface area contributed by atoms with Crippen LogP contribution in [0.5, 0.6) is 5.75 Å². The Bertz CT molecular complexity index is 839. The molecule has 1 unspecified atom stereocenters. The third-order valence-corrected chi connectivity index (χ3v) is 5.93. The van der Waals surface area contributed by atoms with Crippen molar-refractivity contribution in [2.24, 2.45) is 11.7 Å². The van der Waals surface area contributed by atoms with Crippen LogP contribution >= 0.6 is 11.3 Å². The number of fused-ring (bicyclic) bond motifs is 1. The normalized spacial score (nSPS) is 15.3. The van der Waals surface area contributed by atoms with E-state index in [9.17, 15) is 0 Å². The van der Waals surface area contributed by atoms with Gasteiger partial charge in [-0.05, 0) is 77.6 Å². The van der Waals surface area contributed by atoms with Gasteiger partial charge in [0.05, 0.1) is 0 Å². The van der Waals surface area contributed by atoms with Gasteiger partial charge in [0.1, 0.15) is 12.4 Å². The number of aryl methyl sites for hydroxylation is 1. The van der Waals surface area contributed by atoms with Crippen molar-refractivity contribution in [2.45, 2.75) is 46.1 Å². The molecular weight excluding hydrogens is 362 g/mol. The lowest BCUT2D eigenvalue weighted by molar-refractivity contribution is 0.305. The Balaban J connectivity index is 0.000000706. The van der Waals surface area contributed by atoms with Gasteiger partial charge in [0.25, 0.3) is 0 Å². The molecule has 148 valence electrons. The van der Waals surface area contributed by atoms with Crippen LogP contribution in [-0.2, 0) is 19.4 Å². The molecule has 1 aromatic heterocycles. The summed E-state index contributed by atoms with van der Waals surface area (Å²) in [5.74, 6) is 1.61. The maximum absolute atomic E-state index is 6.02. The number of nitrogens with two attached hydrogens (primary N) is 1. The van der Waals surface area contributed by atoms with Crippen molar-refractivity contribution >= 4 is 11.3 Å². The van der Waals surface area contributed by atoms with Gasteiger partial charge in [-0.1, -0.05) is 56.7 Å². The Kier molecular flexibility index (Phi) is 7.70. The van der Waals surface area contributed by atoms with E-state index in [0.717, 1.165) is 25.1 Å². The minimum absolute atomic E-state index is 0.606. The van der Waals surface area contributed by atoms with Crippen molar-refractivity contribution < 1.29 is 4.74 Å². The fourth-order valence-electron chi connectivity index (χ4n) is 3.47. The molecule has 1 aliphatic rings. The zero-order valence-corrected chi connectivity index (χ0v) is 17.8. The molecule has 0 saturated heterocycles. The summed E-state index contributed by atoms with van der Waals surface area (Å²) in [4.78, 5) is 1.30. The summed E-state index contributed by atoms with van der Waals surface area (Å²) in [7, 11) is 0. The largest absolute Gasteiger partial charge is 0.489 e. The van der Waals surface area contributed by atoms with Crippen molar-refractivity contribution in [1.82, 2.24) is 0 Å². The zero-order valence-electron chi connectivity index (χ0n) is 17.0. The lowest BCUT2D eigenvalue weighted by Crippen LogP contribution is -2.22. The lowest BCUT2D eigenvalue weighted by atomic mass is 9.84. The highest BCUT2D eigenvalue weighted by atomic mass is 32.1. The molecular formula is C25H31NOS. The van der Waals surface area contributed by atoms with Crippen molar-refractivity contribution in [2.75, 3.05) is 6.54 Å². The first-order valence-corrected chi connectivity index (χ1v) is 11.2. The van der Waals surface area contributed by atoms with E-state index < -0.39 is 0 Å². The lowest BCUT2D eigenvalue weighted by Gasteiger charge is -2.23. The van der Waals surface area contributed by atoms with Gasteiger partial charge in [-0.25, -0.2) is 0 Å². The van der Waals surface area contributed by atoms with E-state index in [-0.39, 0.29) is 0 Å². The fourth-order valence-corrected chi connectivity index (χ4v) is 4.21. The summed E-state index contributed by atoms with van der Waals surface area (Å²) in [6, 6.07) is 19.4. The molecule has 2 nitrogen and oxygen atoms in total. The summed E-state index contributed by atoms with van der Waals surface area (Å²) in [6.45, 7) is 5.65. The van der Waals surface area contributed by atoms with Gasteiger partial charge >= 0.3 is 0 Å². The molecule has 0 radical (unpaired) electrons. The maximum Gasteiger partial charge on any atom is 0.120 e. The molecule has 2 N–H and O–H groups in total. The number of ether oxygens (including phenoxy) is 1. The van der Waals surface area contributed by atoms with Crippen LogP contribution in [0.1, 0.15) is 43.4 Å². The van der Waals surface area contributed by atoms with Gasteiger partial charge in [0, 0.05) is 4.88 Å². The first kappa shape index (κ1) is 20.6. The molecule has 0 spiro atoms. The third kappa shape index (κ3) is 5.46. The van der Waals surface area contributed by atoms with Gasteiger partial charge in [-0.15, -0.1) is 11.3 Å². The van der Waals surface area contributed by atoms with Crippen LogP contribution in [0, 0.1) is 5.92 Å². The Morgan fingerprint density at radius 3 is 2.50 bits per heavy atom. The maximum atomic E-state index is 6.02. The smallest absolute Gasteiger partial charge is 0.120 e. The third-order valence-electron chi connectivity index (χ3n) is 5.01. The molecule has 1 heterocycles. The van der Waals surface area contributed by atoms with E-state index >= 15 is 0 Å².